The number of nitrogens with one attached hydrogen (secondary N) is 1. The van der Waals surface area contributed by atoms with Gasteiger partial charge in [-0.25, -0.2) is 9.67 Å². The number of non-ortho nitro benzene ring substituents is 1. The molecule has 0 spiro atoms. The highest BCUT2D eigenvalue weighted by Crippen LogP contribution is 2.26. The second-order valence-electron chi connectivity index (χ2n) is 6.39. The van der Waals surface area contributed by atoms with Crippen LogP contribution in [0.3, 0.4) is 0 Å². The fourth-order valence-corrected chi connectivity index (χ4v) is 3.10. The normalized spacial score (nSPS) is 11.0. The van der Waals surface area contributed by atoms with E-state index in [2.05, 4.69) is 10.4 Å². The highest BCUT2D eigenvalue weighted by atomic mass is 16.6. The molecule has 4 aromatic rings. The molecule has 1 N–H and O–H groups in total. The first-order chi connectivity index (χ1) is 13.6. The lowest BCUT2D eigenvalue weighted by Gasteiger charge is -2.03. The van der Waals surface area contributed by atoms with Crippen LogP contribution < -0.4 is 5.32 Å². The number of aryl methyl sites for hydroxylation is 1. The van der Waals surface area contributed by atoms with Crippen LogP contribution in [0.25, 0.3) is 21.9 Å². The summed E-state index contributed by atoms with van der Waals surface area (Å²) in [6, 6.07) is 15.3. The van der Waals surface area contributed by atoms with Crippen molar-refractivity contribution in [2.75, 3.05) is 5.32 Å². The molecule has 0 fully saturated rings. The van der Waals surface area contributed by atoms with E-state index in [-0.39, 0.29) is 11.3 Å². The summed E-state index contributed by atoms with van der Waals surface area (Å²) in [5, 5.41) is 19.9. The molecule has 1 amide bonds. The highest BCUT2D eigenvalue weighted by molar-refractivity contribution is 6.09. The molecule has 140 valence electrons. The quantitative estimate of drug-likeness (QED) is 0.417. The Balaban J connectivity index is 1.77. The van der Waals surface area contributed by atoms with Gasteiger partial charge in [-0.3, -0.25) is 14.9 Å². The van der Waals surface area contributed by atoms with Crippen LogP contribution in [0.1, 0.15) is 23.7 Å². The maximum atomic E-state index is 12.7. The molecule has 8 nitrogen and oxygen atoms in total. The molecular formula is C20H17N5O3. The molecule has 0 saturated heterocycles. The van der Waals surface area contributed by atoms with Crippen LogP contribution in [0, 0.1) is 10.1 Å². The van der Waals surface area contributed by atoms with Gasteiger partial charge < -0.3 is 5.32 Å². The van der Waals surface area contributed by atoms with Gasteiger partial charge in [0, 0.05) is 29.6 Å². The number of pyridine rings is 1. The summed E-state index contributed by atoms with van der Waals surface area (Å²) in [7, 11) is 0. The summed E-state index contributed by atoms with van der Waals surface area (Å²) < 4.78 is 1.77. The number of carbonyl (C=O) groups is 1. The zero-order valence-corrected chi connectivity index (χ0v) is 15.1. The molecule has 28 heavy (non-hydrogen) atoms. The first-order valence-corrected chi connectivity index (χ1v) is 8.89. The Kier molecular flexibility index (Phi) is 4.44. The monoisotopic (exact) mass is 375 g/mol. The number of nitro groups is 1. The van der Waals surface area contributed by atoms with Gasteiger partial charge in [0.2, 0.25) is 0 Å². The van der Waals surface area contributed by atoms with Gasteiger partial charge in [-0.15, -0.1) is 0 Å². The lowest BCUT2D eigenvalue weighted by atomic mass is 10.1. The number of anilines is 1. The number of hydrogen-bond acceptors (Lipinski definition) is 5. The number of fused-ring (bicyclic) bond motifs is 2. The Labute approximate surface area is 160 Å². The smallest absolute Gasteiger partial charge is 0.270 e. The number of benzene rings is 2. The Morgan fingerprint density at radius 2 is 2.00 bits per heavy atom. The number of rotatable bonds is 5. The van der Waals surface area contributed by atoms with Gasteiger partial charge in [-0.1, -0.05) is 31.2 Å². The van der Waals surface area contributed by atoms with Gasteiger partial charge in [0.25, 0.3) is 11.6 Å². The van der Waals surface area contributed by atoms with Crippen molar-refractivity contribution in [3.8, 4) is 0 Å². The summed E-state index contributed by atoms with van der Waals surface area (Å²) in [5.74, 6) is -0.0712. The third kappa shape index (κ3) is 3.16. The van der Waals surface area contributed by atoms with Crippen molar-refractivity contribution in [3.05, 3.63) is 70.3 Å². The van der Waals surface area contributed by atoms with E-state index in [4.69, 9.17) is 4.98 Å². The molecule has 0 aliphatic rings. The van der Waals surface area contributed by atoms with Crippen molar-refractivity contribution in [1.29, 1.82) is 0 Å². The predicted molar refractivity (Wildman–Crippen MR) is 106 cm³/mol. The Morgan fingerprint density at radius 3 is 2.79 bits per heavy atom. The third-order valence-corrected chi connectivity index (χ3v) is 4.41. The third-order valence-electron chi connectivity index (χ3n) is 4.41. The second kappa shape index (κ2) is 7.07. The number of carbonyl (C=O) groups excluding carboxylic acids is 1. The average molecular weight is 375 g/mol. The van der Waals surface area contributed by atoms with E-state index >= 15 is 0 Å². The fraction of sp³-hybridized carbons (Fsp3) is 0.150. The maximum absolute atomic E-state index is 12.7. The molecule has 0 bridgehead atoms. The lowest BCUT2D eigenvalue weighted by Crippen LogP contribution is -2.13. The van der Waals surface area contributed by atoms with Gasteiger partial charge in [-0.2, -0.15) is 5.10 Å². The van der Waals surface area contributed by atoms with Crippen molar-refractivity contribution < 1.29 is 9.72 Å². The zero-order chi connectivity index (χ0) is 19.7. The van der Waals surface area contributed by atoms with Crippen LogP contribution in [0.5, 0.6) is 0 Å². The Morgan fingerprint density at radius 1 is 1.18 bits per heavy atom. The molecule has 2 aromatic heterocycles. The number of hydrogen-bond donors (Lipinski definition) is 1. The van der Waals surface area contributed by atoms with E-state index in [1.54, 1.807) is 4.68 Å². The summed E-state index contributed by atoms with van der Waals surface area (Å²) >= 11 is 0. The van der Waals surface area contributed by atoms with Crippen molar-refractivity contribution in [2.24, 2.45) is 0 Å². The highest BCUT2D eigenvalue weighted by Gasteiger charge is 2.17. The molecule has 4 rings (SSSR count). The lowest BCUT2D eigenvalue weighted by molar-refractivity contribution is -0.384. The number of nitro benzene ring substituents is 1. The molecule has 0 unspecified atom stereocenters. The van der Waals surface area contributed by atoms with Crippen LogP contribution >= 0.6 is 0 Å². The number of para-hydroxylation sites is 1. The van der Waals surface area contributed by atoms with Crippen LogP contribution in [-0.2, 0) is 6.54 Å². The largest absolute Gasteiger partial charge is 0.304 e. The summed E-state index contributed by atoms with van der Waals surface area (Å²) in [4.78, 5) is 27.8. The van der Waals surface area contributed by atoms with Crippen LogP contribution in [0.15, 0.2) is 54.6 Å². The van der Waals surface area contributed by atoms with Crippen molar-refractivity contribution in [2.45, 2.75) is 19.9 Å². The first kappa shape index (κ1) is 17.6. The molecule has 2 aromatic carbocycles. The van der Waals surface area contributed by atoms with E-state index in [0.29, 0.717) is 18.0 Å². The van der Waals surface area contributed by atoms with E-state index < -0.39 is 10.8 Å². The molecular weight excluding hydrogens is 358 g/mol. The Hall–Kier alpha value is -3.81. The van der Waals surface area contributed by atoms with E-state index in [1.807, 2.05) is 37.3 Å². The Bertz CT molecular complexity index is 1220. The van der Waals surface area contributed by atoms with E-state index in [9.17, 15) is 14.9 Å². The van der Waals surface area contributed by atoms with Crippen molar-refractivity contribution in [1.82, 2.24) is 14.8 Å². The number of amides is 1. The summed E-state index contributed by atoms with van der Waals surface area (Å²) in [6.07, 6.45) is 0.865. The molecule has 2 heterocycles. The van der Waals surface area contributed by atoms with Gasteiger partial charge in [0.05, 0.1) is 15.8 Å². The molecule has 0 radical (unpaired) electrons. The minimum absolute atomic E-state index is 0.137. The molecule has 0 aliphatic heterocycles. The van der Waals surface area contributed by atoms with E-state index in [1.165, 1.54) is 24.3 Å². The van der Waals surface area contributed by atoms with Crippen molar-refractivity contribution >= 4 is 39.3 Å². The average Bonchev–Trinajstić information content (AvgIpc) is 3.03. The van der Waals surface area contributed by atoms with Gasteiger partial charge in [0.15, 0.2) is 11.5 Å². The summed E-state index contributed by atoms with van der Waals surface area (Å²) in [6.45, 7) is 2.70. The van der Waals surface area contributed by atoms with Crippen LogP contribution in [-0.4, -0.2) is 25.6 Å². The van der Waals surface area contributed by atoms with Gasteiger partial charge in [-0.05, 0) is 24.6 Å². The summed E-state index contributed by atoms with van der Waals surface area (Å²) in [5.41, 5.74) is 1.60. The topological polar surface area (TPSA) is 103 Å². The zero-order valence-electron chi connectivity index (χ0n) is 15.1. The SMILES string of the molecule is CCCn1nc(NC(=O)c2cccc([N+](=O)[O-])c2)c2cc3ccccc3nc21. The minimum atomic E-state index is -0.530. The fourth-order valence-electron chi connectivity index (χ4n) is 3.10. The van der Waals surface area contributed by atoms with E-state index in [0.717, 1.165) is 22.7 Å². The number of nitrogens with zero attached hydrogens (tertiary/aromatic N) is 4. The molecule has 0 atom stereocenters. The second-order valence-corrected chi connectivity index (χ2v) is 6.39. The van der Waals surface area contributed by atoms with Gasteiger partial charge >= 0.3 is 0 Å². The van der Waals surface area contributed by atoms with Gasteiger partial charge in [0.1, 0.15) is 0 Å². The minimum Gasteiger partial charge on any atom is -0.304 e. The van der Waals surface area contributed by atoms with Crippen LogP contribution in [0.4, 0.5) is 11.5 Å². The van der Waals surface area contributed by atoms with Crippen molar-refractivity contribution in [3.63, 3.8) is 0 Å². The molecule has 0 saturated carbocycles. The maximum Gasteiger partial charge on any atom is 0.270 e. The molecule has 8 heteroatoms. The molecule has 0 aliphatic carbocycles. The number of aromatic nitrogens is 3. The van der Waals surface area contributed by atoms with Crippen LogP contribution in [0.2, 0.25) is 0 Å². The predicted octanol–water partition coefficient (Wildman–Crippen LogP) is 4.16. The standard InChI is InChI=1S/C20H17N5O3/c1-2-10-24-19-16(12-13-6-3-4-9-17(13)21-19)18(23-24)22-20(26)14-7-5-8-15(11-14)25(27)28/h3-9,11-12H,2,10H2,1H3,(H,22,23,26). The first-order valence-electron chi connectivity index (χ1n) is 8.89.